The molecule has 4 rings (SSSR count). The minimum Gasteiger partial charge on any atom is -0.370 e. The third kappa shape index (κ3) is 13.9. The van der Waals surface area contributed by atoms with E-state index < -0.39 is 71.7 Å². The van der Waals surface area contributed by atoms with Crippen LogP contribution in [-0.4, -0.2) is 121 Å². The van der Waals surface area contributed by atoms with Crippen molar-refractivity contribution < 1.29 is 33.6 Å². The number of benzene rings is 2. The highest BCUT2D eigenvalue weighted by Crippen LogP contribution is 2.20. The van der Waals surface area contributed by atoms with E-state index in [4.69, 9.17) is 11.5 Å². The highest BCUT2D eigenvalue weighted by molar-refractivity contribution is 5.95. The lowest BCUT2D eigenvalue weighted by molar-refractivity contribution is -0.139. The molecule has 0 saturated carbocycles. The largest absolute Gasteiger partial charge is 0.370 e. The first-order chi connectivity index (χ1) is 28.8. The highest BCUT2D eigenvalue weighted by Gasteiger charge is 2.35. The van der Waals surface area contributed by atoms with Crippen LogP contribution in [0.5, 0.6) is 0 Å². The van der Waals surface area contributed by atoms with Crippen LogP contribution in [0, 0.1) is 0 Å². The number of rotatable bonds is 23. The molecule has 2 aromatic carbocycles. The maximum atomic E-state index is 14.0. The third-order valence-corrected chi connectivity index (χ3v) is 10.4. The zero-order valence-corrected chi connectivity index (χ0v) is 34.5. The summed E-state index contributed by atoms with van der Waals surface area (Å²) in [5.74, 6) is -3.04. The van der Waals surface area contributed by atoms with Crippen molar-refractivity contribution in [1.29, 1.82) is 0 Å². The van der Waals surface area contributed by atoms with Gasteiger partial charge in [-0.1, -0.05) is 48.5 Å². The number of aromatic nitrogens is 1. The van der Waals surface area contributed by atoms with E-state index in [-0.39, 0.29) is 51.2 Å². The molecule has 18 nitrogen and oxygen atoms in total. The van der Waals surface area contributed by atoms with Crippen LogP contribution in [0.1, 0.15) is 63.5 Å². The Labute approximate surface area is 349 Å². The molecule has 6 amide bonds. The standard InChI is InChI=1S/C42H59N11O7/c1-26(45-3)37(56)52-36(23-29-24-48-32-16-8-7-15-31(29)32)40(59)50-33(17-9-20-47-42(43)44)38(57)46-19-10-18-34(41(60)53-21-11-14-30(53)25-54)51-39(58)35(49-27(2)55)22-28-12-5-4-6-13-28/h4-8,12-13,15-16,24-26,30,33-36,45,48H,9-11,14,17-23H2,1-3H3,(H,46,57)(H,49,55)(H,50,59)(H,51,58)(H,52,56)(H4,43,44,47)/t26-,30?,33?,34+,35+,36?/m1/s1. The van der Waals surface area contributed by atoms with Crippen molar-refractivity contribution in [2.24, 2.45) is 16.5 Å². The van der Waals surface area contributed by atoms with Gasteiger partial charge in [-0.2, -0.15) is 0 Å². The number of aromatic amines is 1. The first-order valence-electron chi connectivity index (χ1n) is 20.3. The van der Waals surface area contributed by atoms with Crippen molar-refractivity contribution in [3.05, 3.63) is 71.9 Å². The number of hydrogen-bond acceptors (Lipinski definition) is 9. The number of para-hydroxylation sites is 1. The molecule has 0 bridgehead atoms. The smallest absolute Gasteiger partial charge is 0.245 e. The second-order valence-corrected chi connectivity index (χ2v) is 15.0. The van der Waals surface area contributed by atoms with Gasteiger partial charge in [-0.05, 0) is 69.7 Å². The van der Waals surface area contributed by atoms with Crippen molar-refractivity contribution in [3.8, 4) is 0 Å². The topological polar surface area (TPSA) is 275 Å². The number of nitrogens with one attached hydrogen (secondary N) is 7. The number of nitrogens with zero attached hydrogens (tertiary/aromatic N) is 2. The molecule has 3 unspecified atom stereocenters. The monoisotopic (exact) mass is 829 g/mol. The number of likely N-dealkylation sites (N-methyl/N-ethyl adjacent to an activating group) is 1. The Morgan fingerprint density at radius 3 is 2.17 bits per heavy atom. The number of nitrogens with two attached hydrogens (primary N) is 2. The molecule has 0 radical (unpaired) electrons. The Balaban J connectivity index is 1.48. The van der Waals surface area contributed by atoms with Gasteiger partial charge in [-0.25, -0.2) is 0 Å². The van der Waals surface area contributed by atoms with Crippen LogP contribution in [0.4, 0.5) is 0 Å². The minimum absolute atomic E-state index is 0.0597. The summed E-state index contributed by atoms with van der Waals surface area (Å²) >= 11 is 0. The average Bonchev–Trinajstić information content (AvgIpc) is 3.89. The number of guanidine groups is 1. The fraction of sp³-hybridized carbons (Fsp3) is 0.476. The van der Waals surface area contributed by atoms with Gasteiger partial charge in [0.05, 0.1) is 12.1 Å². The number of amides is 6. The molecule has 0 aliphatic carbocycles. The van der Waals surface area contributed by atoms with Gasteiger partial charge in [0.25, 0.3) is 0 Å². The van der Waals surface area contributed by atoms with Gasteiger partial charge in [0.1, 0.15) is 30.5 Å². The lowest BCUT2D eigenvalue weighted by Crippen LogP contribution is -2.56. The number of aldehydes is 1. The number of hydrogen-bond donors (Lipinski definition) is 9. The maximum Gasteiger partial charge on any atom is 0.245 e. The number of aliphatic imine (C=N–C) groups is 1. The number of likely N-dealkylation sites (tertiary alicyclic amines) is 1. The first-order valence-corrected chi connectivity index (χ1v) is 20.3. The normalized spacial score (nSPS) is 16.1. The van der Waals surface area contributed by atoms with Crippen LogP contribution in [-0.2, 0) is 46.4 Å². The van der Waals surface area contributed by atoms with Gasteiger partial charge in [-0.15, -0.1) is 0 Å². The molecule has 18 heteroatoms. The van der Waals surface area contributed by atoms with Crippen molar-refractivity contribution in [2.45, 2.75) is 101 Å². The van der Waals surface area contributed by atoms with Gasteiger partial charge in [0.2, 0.25) is 35.4 Å². The quantitative estimate of drug-likeness (QED) is 0.0260. The SMILES string of the molecule is CN[C@H](C)C(=O)NC(Cc1c[nH]c2ccccc12)C(=O)NC(CCCN=C(N)N)C(=O)NCCC[C@H](NC(=O)[C@H](Cc1ccccc1)NC(C)=O)C(=O)N1CCCC1C=O. The molecule has 1 aromatic heterocycles. The number of H-pyrrole nitrogens is 1. The molecular weight excluding hydrogens is 771 g/mol. The Morgan fingerprint density at radius 2 is 1.48 bits per heavy atom. The van der Waals surface area contributed by atoms with Crippen LogP contribution >= 0.6 is 0 Å². The van der Waals surface area contributed by atoms with E-state index in [1.807, 2.05) is 54.6 Å². The van der Waals surface area contributed by atoms with Crippen molar-refractivity contribution in [1.82, 2.24) is 41.8 Å². The van der Waals surface area contributed by atoms with Gasteiger partial charge in [-0.3, -0.25) is 33.8 Å². The zero-order chi connectivity index (χ0) is 43.6. The predicted octanol–water partition coefficient (Wildman–Crippen LogP) is -0.340. The summed E-state index contributed by atoms with van der Waals surface area (Å²) in [7, 11) is 1.63. The first kappa shape index (κ1) is 46.4. The molecule has 11 N–H and O–H groups in total. The summed E-state index contributed by atoms with van der Waals surface area (Å²) in [5.41, 5.74) is 13.5. The van der Waals surface area contributed by atoms with E-state index in [1.165, 1.54) is 11.8 Å². The third-order valence-electron chi connectivity index (χ3n) is 10.4. The molecule has 60 heavy (non-hydrogen) atoms. The van der Waals surface area contributed by atoms with E-state index in [0.29, 0.717) is 25.8 Å². The molecular formula is C42H59N11O7. The fourth-order valence-corrected chi connectivity index (χ4v) is 7.09. The molecule has 1 fully saturated rings. The summed E-state index contributed by atoms with van der Waals surface area (Å²) < 4.78 is 0. The van der Waals surface area contributed by atoms with Crippen LogP contribution in [0.3, 0.4) is 0 Å². The summed E-state index contributed by atoms with van der Waals surface area (Å²) in [6, 6.07) is 11.3. The second-order valence-electron chi connectivity index (χ2n) is 15.0. The number of carbonyl (C=O) groups excluding carboxylic acids is 7. The Kier molecular flexibility index (Phi) is 18.0. The van der Waals surface area contributed by atoms with E-state index in [1.54, 1.807) is 20.2 Å². The van der Waals surface area contributed by atoms with E-state index in [2.05, 4.69) is 41.9 Å². The molecule has 2 heterocycles. The Morgan fingerprint density at radius 1 is 0.833 bits per heavy atom. The molecule has 1 aliphatic rings. The molecule has 1 saturated heterocycles. The van der Waals surface area contributed by atoms with Crippen LogP contribution in [0.15, 0.2) is 65.8 Å². The molecule has 1 aliphatic heterocycles. The zero-order valence-electron chi connectivity index (χ0n) is 34.5. The van der Waals surface area contributed by atoms with Crippen LogP contribution in [0.25, 0.3) is 10.9 Å². The van der Waals surface area contributed by atoms with Gasteiger partial charge < -0.3 is 58.0 Å². The summed E-state index contributed by atoms with van der Waals surface area (Å²) in [6.45, 7) is 3.57. The average molecular weight is 830 g/mol. The Hall–Kier alpha value is -6.30. The molecule has 3 aromatic rings. The molecule has 0 spiro atoms. The Bertz CT molecular complexity index is 1970. The summed E-state index contributed by atoms with van der Waals surface area (Å²) in [6.07, 6.45) is 4.76. The van der Waals surface area contributed by atoms with Gasteiger partial charge in [0.15, 0.2) is 5.96 Å². The van der Waals surface area contributed by atoms with E-state index in [9.17, 15) is 33.6 Å². The fourth-order valence-electron chi connectivity index (χ4n) is 7.09. The van der Waals surface area contributed by atoms with Crippen molar-refractivity contribution in [3.63, 3.8) is 0 Å². The lowest BCUT2D eigenvalue weighted by Gasteiger charge is -2.28. The van der Waals surface area contributed by atoms with Crippen molar-refractivity contribution in [2.75, 3.05) is 26.7 Å². The maximum absolute atomic E-state index is 14.0. The van der Waals surface area contributed by atoms with Crippen LogP contribution in [0.2, 0.25) is 0 Å². The number of carbonyl (C=O) groups is 7. The van der Waals surface area contributed by atoms with Crippen molar-refractivity contribution >= 4 is 58.6 Å². The van der Waals surface area contributed by atoms with Gasteiger partial charge >= 0.3 is 0 Å². The molecule has 324 valence electrons. The second kappa shape index (κ2) is 23.3. The highest BCUT2D eigenvalue weighted by atomic mass is 16.2. The van der Waals surface area contributed by atoms with E-state index >= 15 is 0 Å². The summed E-state index contributed by atoms with van der Waals surface area (Å²) in [4.78, 5) is 101. The minimum atomic E-state index is -1.06. The summed E-state index contributed by atoms with van der Waals surface area (Å²) in [5, 5.41) is 17.7. The van der Waals surface area contributed by atoms with Gasteiger partial charge in [0, 0.05) is 56.5 Å². The molecule has 6 atom stereocenters. The van der Waals surface area contributed by atoms with E-state index in [0.717, 1.165) is 28.3 Å². The van der Waals surface area contributed by atoms with Crippen LogP contribution < -0.4 is 43.4 Å². The lowest BCUT2D eigenvalue weighted by atomic mass is 10.0. The predicted molar refractivity (Wildman–Crippen MR) is 227 cm³/mol. The number of fused-ring (bicyclic) bond motifs is 1.